The number of halogens is 2. The van der Waals surface area contributed by atoms with Crippen LogP contribution in [0.2, 0.25) is 0 Å². The van der Waals surface area contributed by atoms with Crippen molar-refractivity contribution in [2.45, 2.75) is 18.0 Å². The molecule has 1 heterocycles. The molecule has 32 heavy (non-hydrogen) atoms. The normalized spacial score (nSPS) is 10.4. The van der Waals surface area contributed by atoms with Gasteiger partial charge in [-0.2, -0.15) is 10.5 Å². The van der Waals surface area contributed by atoms with E-state index in [2.05, 4.69) is 10.2 Å². The van der Waals surface area contributed by atoms with Gasteiger partial charge in [0.2, 0.25) is 5.91 Å². The minimum atomic E-state index is -0.792. The molecule has 0 atom stereocenters. The van der Waals surface area contributed by atoms with E-state index in [1.807, 2.05) is 18.2 Å². The molecule has 0 aliphatic carbocycles. The predicted molar refractivity (Wildman–Crippen MR) is 114 cm³/mol. The van der Waals surface area contributed by atoms with E-state index in [1.54, 1.807) is 24.3 Å². The molecule has 3 rings (SSSR count). The molecule has 0 saturated heterocycles. The van der Waals surface area contributed by atoms with Crippen molar-refractivity contribution in [2.24, 2.45) is 0 Å². The van der Waals surface area contributed by atoms with Gasteiger partial charge in [0.05, 0.1) is 36.4 Å². The van der Waals surface area contributed by atoms with Crippen molar-refractivity contribution in [3.63, 3.8) is 0 Å². The van der Waals surface area contributed by atoms with Crippen LogP contribution >= 0.6 is 11.8 Å². The van der Waals surface area contributed by atoms with Crippen LogP contribution < -0.4 is 0 Å². The zero-order valence-electron chi connectivity index (χ0n) is 16.9. The highest BCUT2D eigenvalue weighted by Gasteiger charge is 2.21. The Labute approximate surface area is 187 Å². The van der Waals surface area contributed by atoms with Crippen LogP contribution in [0.15, 0.2) is 53.7 Å². The number of thioether (sulfide) groups is 1. The number of hydrogen-bond donors (Lipinski definition) is 0. The van der Waals surface area contributed by atoms with Crippen LogP contribution in [0.5, 0.6) is 0 Å². The lowest BCUT2D eigenvalue weighted by molar-refractivity contribution is -0.128. The lowest BCUT2D eigenvalue weighted by atomic mass is 10.2. The molecular weight excluding hydrogens is 434 g/mol. The molecule has 2 aromatic carbocycles. The summed E-state index contributed by atoms with van der Waals surface area (Å²) < 4.78 is 29.6. The molecule has 0 unspecified atom stereocenters. The van der Waals surface area contributed by atoms with E-state index in [4.69, 9.17) is 10.5 Å². The number of hydrogen-bond acceptors (Lipinski definition) is 6. The lowest BCUT2D eigenvalue weighted by Crippen LogP contribution is -2.34. The largest absolute Gasteiger partial charge is 0.340 e. The maximum Gasteiger partial charge on any atom is 0.233 e. The fourth-order valence-corrected chi connectivity index (χ4v) is 3.81. The quantitative estimate of drug-likeness (QED) is 0.456. The van der Waals surface area contributed by atoms with Crippen LogP contribution in [-0.4, -0.2) is 44.4 Å². The molecule has 0 aliphatic rings. The van der Waals surface area contributed by atoms with Crippen molar-refractivity contribution in [1.29, 1.82) is 10.5 Å². The minimum absolute atomic E-state index is 0.0490. The van der Waals surface area contributed by atoms with Gasteiger partial charge in [0.15, 0.2) is 11.0 Å². The van der Waals surface area contributed by atoms with E-state index in [1.165, 1.54) is 15.5 Å². The summed E-state index contributed by atoms with van der Waals surface area (Å²) in [6, 6.07) is 16.2. The summed E-state index contributed by atoms with van der Waals surface area (Å²) >= 11 is 1.05. The van der Waals surface area contributed by atoms with Gasteiger partial charge in [-0.1, -0.05) is 42.1 Å². The third-order valence-corrected chi connectivity index (χ3v) is 5.39. The van der Waals surface area contributed by atoms with Crippen LogP contribution in [0.4, 0.5) is 8.78 Å². The SMILES string of the molecule is N#CCCN(CCC#N)C(=O)CSc1nnc(-c2ccccc2)n1-c1ccc(F)cc1F. The molecule has 0 radical (unpaired) electrons. The number of carbonyl (C=O) groups excluding carboxylic acids is 1. The first-order chi connectivity index (χ1) is 15.5. The van der Waals surface area contributed by atoms with Gasteiger partial charge in [-0.3, -0.25) is 9.36 Å². The van der Waals surface area contributed by atoms with Gasteiger partial charge < -0.3 is 4.90 Å². The van der Waals surface area contributed by atoms with Crippen molar-refractivity contribution < 1.29 is 13.6 Å². The highest BCUT2D eigenvalue weighted by atomic mass is 32.2. The highest BCUT2D eigenvalue weighted by Crippen LogP contribution is 2.29. The Kier molecular flexibility index (Phi) is 7.90. The second kappa shape index (κ2) is 11.0. The lowest BCUT2D eigenvalue weighted by Gasteiger charge is -2.20. The summed E-state index contributed by atoms with van der Waals surface area (Å²) in [5.74, 6) is -1.49. The van der Waals surface area contributed by atoms with Gasteiger partial charge in [-0.25, -0.2) is 8.78 Å². The Morgan fingerprint density at radius 1 is 1.03 bits per heavy atom. The number of nitriles is 2. The van der Waals surface area contributed by atoms with Crippen molar-refractivity contribution in [2.75, 3.05) is 18.8 Å². The van der Waals surface area contributed by atoms with Crippen LogP contribution in [0, 0.1) is 34.3 Å². The first kappa shape index (κ1) is 22.9. The Hall–Kier alpha value is -3.76. The Balaban J connectivity index is 1.91. The fraction of sp³-hybridized carbons (Fsp3) is 0.227. The molecule has 1 aromatic heterocycles. The summed E-state index contributed by atoms with van der Waals surface area (Å²) in [4.78, 5) is 14.1. The summed E-state index contributed by atoms with van der Waals surface area (Å²) in [6.07, 6.45) is 0.300. The average molecular weight is 452 g/mol. The second-order valence-electron chi connectivity index (χ2n) is 6.59. The molecule has 0 fully saturated rings. The Morgan fingerprint density at radius 3 is 2.34 bits per heavy atom. The van der Waals surface area contributed by atoms with E-state index < -0.39 is 11.6 Å². The standard InChI is InChI=1S/C22H18F2N6OS/c23-17-8-9-19(18(24)14-17)30-21(16-6-2-1-3-7-16)27-28-22(30)32-15-20(31)29(12-4-10-25)13-5-11-26/h1-3,6-9,14H,4-5,12-13,15H2. The fourth-order valence-electron chi connectivity index (χ4n) is 2.97. The number of aromatic nitrogens is 3. The van der Waals surface area contributed by atoms with Crippen molar-refractivity contribution in [1.82, 2.24) is 19.7 Å². The van der Waals surface area contributed by atoms with E-state index in [9.17, 15) is 13.6 Å². The van der Waals surface area contributed by atoms with Gasteiger partial charge in [0.1, 0.15) is 11.6 Å². The average Bonchev–Trinajstić information content (AvgIpc) is 3.22. The molecule has 10 heteroatoms. The number of rotatable bonds is 9. The topological polar surface area (TPSA) is 98.6 Å². The van der Waals surface area contributed by atoms with Crippen LogP contribution in [0.3, 0.4) is 0 Å². The van der Waals surface area contributed by atoms with Crippen LogP contribution in [-0.2, 0) is 4.79 Å². The monoisotopic (exact) mass is 452 g/mol. The molecule has 0 bridgehead atoms. The molecule has 3 aromatic rings. The maximum absolute atomic E-state index is 14.6. The molecule has 1 amide bonds. The second-order valence-corrected chi connectivity index (χ2v) is 7.53. The zero-order chi connectivity index (χ0) is 22.9. The number of nitrogens with zero attached hydrogens (tertiary/aromatic N) is 6. The van der Waals surface area contributed by atoms with Gasteiger partial charge in [-0.15, -0.1) is 10.2 Å². The summed E-state index contributed by atoms with van der Waals surface area (Å²) in [5.41, 5.74) is 0.725. The Morgan fingerprint density at radius 2 is 1.72 bits per heavy atom. The molecule has 0 aliphatic heterocycles. The van der Waals surface area contributed by atoms with Crippen LogP contribution in [0.1, 0.15) is 12.8 Å². The van der Waals surface area contributed by atoms with E-state index >= 15 is 0 Å². The van der Waals surface area contributed by atoms with E-state index in [-0.39, 0.29) is 48.4 Å². The smallest absolute Gasteiger partial charge is 0.233 e. The van der Waals surface area contributed by atoms with Crippen molar-refractivity contribution in [3.05, 3.63) is 60.2 Å². The summed E-state index contributed by atoms with van der Waals surface area (Å²) in [5, 5.41) is 26.2. The summed E-state index contributed by atoms with van der Waals surface area (Å²) in [6.45, 7) is 0.429. The predicted octanol–water partition coefficient (Wildman–Crippen LogP) is 3.96. The van der Waals surface area contributed by atoms with Gasteiger partial charge in [0.25, 0.3) is 0 Å². The first-order valence-corrected chi connectivity index (χ1v) is 10.6. The molecule has 0 saturated carbocycles. The molecule has 162 valence electrons. The van der Waals surface area contributed by atoms with Crippen LogP contribution in [0.25, 0.3) is 17.1 Å². The van der Waals surface area contributed by atoms with E-state index in [0.29, 0.717) is 11.4 Å². The van der Waals surface area contributed by atoms with Gasteiger partial charge in [-0.05, 0) is 12.1 Å². The molecule has 0 spiro atoms. The minimum Gasteiger partial charge on any atom is -0.340 e. The zero-order valence-corrected chi connectivity index (χ0v) is 17.7. The number of benzene rings is 2. The molecular formula is C22H18F2N6OS. The number of carbonyl (C=O) groups is 1. The highest BCUT2D eigenvalue weighted by molar-refractivity contribution is 7.99. The third kappa shape index (κ3) is 5.48. The van der Waals surface area contributed by atoms with Crippen molar-refractivity contribution >= 4 is 17.7 Å². The number of amides is 1. The summed E-state index contributed by atoms with van der Waals surface area (Å²) in [7, 11) is 0. The molecule has 7 nitrogen and oxygen atoms in total. The first-order valence-electron chi connectivity index (χ1n) is 9.66. The Bertz CT molecular complexity index is 1150. The maximum atomic E-state index is 14.6. The van der Waals surface area contributed by atoms with Crippen molar-refractivity contribution in [3.8, 4) is 29.2 Å². The van der Waals surface area contributed by atoms with E-state index in [0.717, 1.165) is 23.9 Å². The molecule has 0 N–H and O–H groups in total. The van der Waals surface area contributed by atoms with Gasteiger partial charge in [0, 0.05) is 24.7 Å². The third-order valence-electron chi connectivity index (χ3n) is 4.48. The van der Waals surface area contributed by atoms with Gasteiger partial charge >= 0.3 is 0 Å².